The number of benzene rings is 1. The van der Waals surface area contributed by atoms with Crippen LogP contribution in [0.1, 0.15) is 33.6 Å². The molecule has 0 unspecified atom stereocenters. The van der Waals surface area contributed by atoms with Crippen LogP contribution in [0, 0.1) is 0 Å². The first-order valence-corrected chi connectivity index (χ1v) is 12.6. The SMILES string of the molecule is COCCn1c(SCC(=O)Nc2sc3c(c2C(=O)OC)CCCC3)nnc1-c1ccccc1. The lowest BCUT2D eigenvalue weighted by molar-refractivity contribution is -0.113. The first kappa shape index (κ1) is 23.5. The third-order valence-electron chi connectivity index (χ3n) is 5.41. The number of esters is 1. The zero-order valence-electron chi connectivity index (χ0n) is 18.6. The van der Waals surface area contributed by atoms with Gasteiger partial charge >= 0.3 is 5.97 Å². The number of methoxy groups -OCH3 is 2. The second-order valence-corrected chi connectivity index (χ2v) is 9.61. The summed E-state index contributed by atoms with van der Waals surface area (Å²) in [7, 11) is 3.01. The third-order valence-corrected chi connectivity index (χ3v) is 7.59. The summed E-state index contributed by atoms with van der Waals surface area (Å²) in [6, 6.07) is 9.79. The zero-order valence-corrected chi connectivity index (χ0v) is 20.3. The first-order chi connectivity index (χ1) is 16.1. The first-order valence-electron chi connectivity index (χ1n) is 10.8. The minimum Gasteiger partial charge on any atom is -0.465 e. The number of amides is 1. The fraction of sp³-hybridized carbons (Fsp3) is 0.391. The molecule has 1 aromatic carbocycles. The van der Waals surface area contributed by atoms with Gasteiger partial charge in [0.25, 0.3) is 0 Å². The highest BCUT2D eigenvalue weighted by Crippen LogP contribution is 2.38. The van der Waals surface area contributed by atoms with Crippen LogP contribution in [0.4, 0.5) is 5.00 Å². The Morgan fingerprint density at radius 2 is 1.94 bits per heavy atom. The Morgan fingerprint density at radius 3 is 2.70 bits per heavy atom. The van der Waals surface area contributed by atoms with Crippen molar-refractivity contribution in [2.45, 2.75) is 37.4 Å². The highest BCUT2D eigenvalue weighted by atomic mass is 32.2. The van der Waals surface area contributed by atoms with E-state index in [1.54, 1.807) is 7.11 Å². The quantitative estimate of drug-likeness (QED) is 0.360. The molecule has 33 heavy (non-hydrogen) atoms. The molecule has 2 aromatic heterocycles. The molecule has 10 heteroatoms. The number of nitrogens with zero attached hydrogens (tertiary/aromatic N) is 3. The van der Waals surface area contributed by atoms with Gasteiger partial charge in [-0.3, -0.25) is 9.36 Å². The Bertz CT molecular complexity index is 1130. The maximum absolute atomic E-state index is 12.8. The number of rotatable bonds is 9. The van der Waals surface area contributed by atoms with Gasteiger partial charge in [-0.1, -0.05) is 42.1 Å². The van der Waals surface area contributed by atoms with E-state index >= 15 is 0 Å². The Hall–Kier alpha value is -2.69. The lowest BCUT2D eigenvalue weighted by Crippen LogP contribution is -2.17. The summed E-state index contributed by atoms with van der Waals surface area (Å²) in [4.78, 5) is 26.4. The van der Waals surface area contributed by atoms with Crippen molar-refractivity contribution < 1.29 is 19.1 Å². The fourth-order valence-electron chi connectivity index (χ4n) is 3.85. The Kier molecular flexibility index (Phi) is 7.79. The molecule has 4 rings (SSSR count). The van der Waals surface area contributed by atoms with Crippen LogP contribution < -0.4 is 5.32 Å². The zero-order chi connectivity index (χ0) is 23.2. The predicted octanol–water partition coefficient (Wildman–Crippen LogP) is 4.05. The van der Waals surface area contributed by atoms with E-state index in [4.69, 9.17) is 9.47 Å². The molecule has 0 aliphatic heterocycles. The molecule has 174 valence electrons. The van der Waals surface area contributed by atoms with Crippen molar-refractivity contribution >= 4 is 40.0 Å². The molecule has 0 radical (unpaired) electrons. The third kappa shape index (κ3) is 5.29. The molecule has 3 aromatic rings. The molecule has 8 nitrogen and oxygen atoms in total. The molecule has 0 spiro atoms. The molecular weight excluding hydrogens is 460 g/mol. The van der Waals surface area contributed by atoms with Crippen LogP contribution in [0.2, 0.25) is 0 Å². The standard InChI is InChI=1S/C23H26N4O4S2/c1-30-13-12-27-20(15-8-4-3-5-9-15)25-26-23(27)32-14-18(28)24-21-19(22(29)31-2)16-10-6-7-11-17(16)33-21/h3-5,8-9H,6-7,10-14H2,1-2H3,(H,24,28). The van der Waals surface area contributed by atoms with Gasteiger partial charge in [-0.15, -0.1) is 21.5 Å². The second-order valence-electron chi connectivity index (χ2n) is 7.56. The Balaban J connectivity index is 1.49. The van der Waals surface area contributed by atoms with Gasteiger partial charge in [-0.25, -0.2) is 4.79 Å². The molecule has 0 fully saturated rings. The number of thioether (sulfide) groups is 1. The van der Waals surface area contributed by atoms with E-state index in [0.717, 1.165) is 47.5 Å². The number of ether oxygens (including phenoxy) is 2. The highest BCUT2D eigenvalue weighted by Gasteiger charge is 2.27. The van der Waals surface area contributed by atoms with E-state index in [1.165, 1.54) is 30.2 Å². The van der Waals surface area contributed by atoms with Crippen LogP contribution in [0.25, 0.3) is 11.4 Å². The van der Waals surface area contributed by atoms with E-state index in [9.17, 15) is 9.59 Å². The summed E-state index contributed by atoms with van der Waals surface area (Å²) in [5.41, 5.74) is 2.47. The van der Waals surface area contributed by atoms with Crippen LogP contribution in [-0.2, 0) is 33.7 Å². The van der Waals surface area contributed by atoms with Crippen molar-refractivity contribution in [1.29, 1.82) is 0 Å². The maximum atomic E-state index is 12.8. The molecule has 0 atom stereocenters. The van der Waals surface area contributed by atoms with Crippen molar-refractivity contribution in [1.82, 2.24) is 14.8 Å². The lowest BCUT2D eigenvalue weighted by Gasteiger charge is -2.12. The molecule has 2 heterocycles. The van der Waals surface area contributed by atoms with Crippen molar-refractivity contribution in [3.05, 3.63) is 46.3 Å². The van der Waals surface area contributed by atoms with Gasteiger partial charge in [0.2, 0.25) is 5.91 Å². The van der Waals surface area contributed by atoms with Crippen molar-refractivity contribution in [2.75, 3.05) is 31.9 Å². The van der Waals surface area contributed by atoms with E-state index in [0.29, 0.717) is 28.9 Å². The maximum Gasteiger partial charge on any atom is 0.341 e. The van der Waals surface area contributed by atoms with Crippen LogP contribution >= 0.6 is 23.1 Å². The average Bonchev–Trinajstić information content (AvgIpc) is 3.42. The fourth-order valence-corrected chi connectivity index (χ4v) is 5.90. The van der Waals surface area contributed by atoms with Crippen LogP contribution in [0.15, 0.2) is 35.5 Å². The summed E-state index contributed by atoms with van der Waals surface area (Å²) in [6.45, 7) is 1.07. The number of hydrogen-bond donors (Lipinski definition) is 1. The largest absolute Gasteiger partial charge is 0.465 e. The molecule has 0 saturated heterocycles. The average molecular weight is 487 g/mol. The number of fused-ring (bicyclic) bond motifs is 1. The second kappa shape index (κ2) is 11.0. The van der Waals surface area contributed by atoms with Crippen LogP contribution in [-0.4, -0.2) is 53.2 Å². The Labute approximate surface area is 200 Å². The van der Waals surface area contributed by atoms with Gasteiger partial charge in [0.05, 0.1) is 31.6 Å². The number of aromatic nitrogens is 3. The van der Waals surface area contributed by atoms with Crippen LogP contribution in [0.5, 0.6) is 0 Å². The number of aryl methyl sites for hydroxylation is 1. The Morgan fingerprint density at radius 1 is 1.15 bits per heavy atom. The molecule has 1 aliphatic carbocycles. The number of nitrogens with one attached hydrogen (secondary N) is 1. The van der Waals surface area contributed by atoms with Gasteiger partial charge < -0.3 is 14.8 Å². The molecular formula is C23H26N4O4S2. The topological polar surface area (TPSA) is 95.3 Å². The normalized spacial score (nSPS) is 12.9. The molecule has 0 saturated carbocycles. The lowest BCUT2D eigenvalue weighted by atomic mass is 9.95. The minimum absolute atomic E-state index is 0.142. The summed E-state index contributed by atoms with van der Waals surface area (Å²) in [5.74, 6) is 0.272. The van der Waals surface area contributed by atoms with Gasteiger partial charge in [0.1, 0.15) is 5.00 Å². The summed E-state index contributed by atoms with van der Waals surface area (Å²) < 4.78 is 12.2. The van der Waals surface area contributed by atoms with Gasteiger partial charge in [-0.05, 0) is 31.2 Å². The highest BCUT2D eigenvalue weighted by molar-refractivity contribution is 7.99. The van der Waals surface area contributed by atoms with Crippen LogP contribution in [0.3, 0.4) is 0 Å². The van der Waals surface area contributed by atoms with Gasteiger partial charge in [0, 0.05) is 17.6 Å². The van der Waals surface area contributed by atoms with Crippen molar-refractivity contribution in [3.8, 4) is 11.4 Å². The molecule has 1 amide bonds. The number of anilines is 1. The number of hydrogen-bond acceptors (Lipinski definition) is 8. The van der Waals surface area contributed by atoms with E-state index in [-0.39, 0.29) is 11.7 Å². The molecule has 0 bridgehead atoms. The van der Waals surface area contributed by atoms with E-state index in [2.05, 4.69) is 15.5 Å². The molecule has 1 N–H and O–H groups in total. The van der Waals surface area contributed by atoms with Gasteiger partial charge in [-0.2, -0.15) is 0 Å². The number of thiophene rings is 1. The van der Waals surface area contributed by atoms with Gasteiger partial charge in [0.15, 0.2) is 11.0 Å². The van der Waals surface area contributed by atoms with E-state index < -0.39 is 5.97 Å². The predicted molar refractivity (Wildman–Crippen MR) is 129 cm³/mol. The van der Waals surface area contributed by atoms with Crippen molar-refractivity contribution in [3.63, 3.8) is 0 Å². The molecule has 1 aliphatic rings. The van der Waals surface area contributed by atoms with Crippen molar-refractivity contribution in [2.24, 2.45) is 0 Å². The minimum atomic E-state index is -0.399. The number of carbonyl (C=O) groups excluding carboxylic acids is 2. The summed E-state index contributed by atoms with van der Waals surface area (Å²) in [5, 5.41) is 12.8. The summed E-state index contributed by atoms with van der Waals surface area (Å²) in [6.07, 6.45) is 3.90. The summed E-state index contributed by atoms with van der Waals surface area (Å²) >= 11 is 2.78. The number of carbonyl (C=O) groups is 2. The van der Waals surface area contributed by atoms with E-state index in [1.807, 2.05) is 34.9 Å². The smallest absolute Gasteiger partial charge is 0.341 e. The monoisotopic (exact) mass is 486 g/mol.